The molecule has 1 rings (SSSR count). The first kappa shape index (κ1) is 14.0. The summed E-state index contributed by atoms with van der Waals surface area (Å²) in [6.07, 6.45) is 0. The van der Waals surface area contributed by atoms with E-state index in [9.17, 15) is 4.79 Å². The highest BCUT2D eigenvalue weighted by atomic mass is 35.5. The maximum atomic E-state index is 11.7. The van der Waals surface area contributed by atoms with Gasteiger partial charge in [-0.1, -0.05) is 29.8 Å². The highest BCUT2D eigenvalue weighted by molar-refractivity contribution is 6.31. The molecule has 0 aliphatic heterocycles. The van der Waals surface area contributed by atoms with Crippen molar-refractivity contribution in [2.24, 2.45) is 0 Å². The number of rotatable bonds is 5. The third-order valence-corrected chi connectivity index (χ3v) is 3.09. The molecule has 0 saturated heterocycles. The van der Waals surface area contributed by atoms with Crippen LogP contribution in [0.3, 0.4) is 0 Å². The van der Waals surface area contributed by atoms with Crippen LogP contribution < -0.4 is 5.32 Å². The van der Waals surface area contributed by atoms with Gasteiger partial charge in [0.25, 0.3) is 0 Å². The minimum absolute atomic E-state index is 0.0899. The fourth-order valence-electron chi connectivity index (χ4n) is 1.36. The molecule has 1 amide bonds. The molecule has 1 aromatic rings. The number of likely N-dealkylation sites (N-methyl/N-ethyl adjacent to an activating group) is 1. The van der Waals surface area contributed by atoms with E-state index in [1.807, 2.05) is 45.2 Å². The van der Waals surface area contributed by atoms with Crippen LogP contribution in [0.2, 0.25) is 5.02 Å². The molecular formula is C13H19ClN2O. The van der Waals surface area contributed by atoms with E-state index < -0.39 is 0 Å². The Morgan fingerprint density at radius 1 is 1.41 bits per heavy atom. The Labute approximate surface area is 108 Å². The Morgan fingerprint density at radius 2 is 2.06 bits per heavy atom. The second-order valence-corrected chi connectivity index (χ2v) is 4.70. The smallest absolute Gasteiger partial charge is 0.236 e. The van der Waals surface area contributed by atoms with E-state index in [1.54, 1.807) is 4.90 Å². The molecule has 3 nitrogen and oxygen atoms in total. The molecule has 17 heavy (non-hydrogen) atoms. The van der Waals surface area contributed by atoms with Crippen molar-refractivity contribution in [1.29, 1.82) is 0 Å². The summed E-state index contributed by atoms with van der Waals surface area (Å²) < 4.78 is 0. The van der Waals surface area contributed by atoms with Crippen LogP contribution in [0.5, 0.6) is 0 Å². The number of hydrogen-bond donors (Lipinski definition) is 1. The first-order valence-electron chi connectivity index (χ1n) is 5.72. The number of amides is 1. The van der Waals surface area contributed by atoms with Crippen molar-refractivity contribution in [2.75, 3.05) is 13.6 Å². The monoisotopic (exact) mass is 254 g/mol. The third kappa shape index (κ3) is 4.36. The van der Waals surface area contributed by atoms with Gasteiger partial charge >= 0.3 is 0 Å². The van der Waals surface area contributed by atoms with E-state index in [0.29, 0.717) is 13.1 Å². The van der Waals surface area contributed by atoms with Crippen molar-refractivity contribution in [3.05, 3.63) is 34.9 Å². The van der Waals surface area contributed by atoms with E-state index in [0.717, 1.165) is 10.6 Å². The molecule has 0 atom stereocenters. The lowest BCUT2D eigenvalue weighted by atomic mass is 10.2. The van der Waals surface area contributed by atoms with Crippen LogP contribution in [0, 0.1) is 0 Å². The van der Waals surface area contributed by atoms with Crippen molar-refractivity contribution >= 4 is 17.5 Å². The van der Waals surface area contributed by atoms with Crippen molar-refractivity contribution < 1.29 is 4.79 Å². The molecule has 94 valence electrons. The Morgan fingerprint density at radius 3 is 2.65 bits per heavy atom. The zero-order chi connectivity index (χ0) is 12.8. The number of nitrogens with one attached hydrogen (secondary N) is 1. The molecule has 4 heteroatoms. The molecule has 0 spiro atoms. The standard InChI is InChI=1S/C13H19ClN2O/c1-10(2)16(3)13(17)9-15-8-11-6-4-5-7-12(11)14/h4-7,10,15H,8-9H2,1-3H3. The minimum atomic E-state index is 0.0899. The number of carbonyl (C=O) groups excluding carboxylic acids is 1. The minimum Gasteiger partial charge on any atom is -0.342 e. The quantitative estimate of drug-likeness (QED) is 0.875. The van der Waals surface area contributed by atoms with Gasteiger partial charge in [0.1, 0.15) is 0 Å². The zero-order valence-corrected chi connectivity index (χ0v) is 11.3. The molecule has 0 heterocycles. The first-order valence-corrected chi connectivity index (χ1v) is 6.10. The highest BCUT2D eigenvalue weighted by Crippen LogP contribution is 2.14. The van der Waals surface area contributed by atoms with E-state index in [-0.39, 0.29) is 11.9 Å². The van der Waals surface area contributed by atoms with Crippen molar-refractivity contribution in [3.63, 3.8) is 0 Å². The van der Waals surface area contributed by atoms with Gasteiger partial charge in [-0.15, -0.1) is 0 Å². The molecular weight excluding hydrogens is 236 g/mol. The van der Waals surface area contributed by atoms with Crippen LogP contribution >= 0.6 is 11.6 Å². The molecule has 0 bridgehead atoms. The van der Waals surface area contributed by atoms with Crippen LogP contribution in [0.25, 0.3) is 0 Å². The summed E-state index contributed by atoms with van der Waals surface area (Å²) in [7, 11) is 1.81. The summed E-state index contributed by atoms with van der Waals surface area (Å²) in [4.78, 5) is 13.4. The Bertz CT molecular complexity index is 379. The van der Waals surface area contributed by atoms with Gasteiger partial charge < -0.3 is 10.2 Å². The van der Waals surface area contributed by atoms with Crippen LogP contribution in [0.4, 0.5) is 0 Å². The lowest BCUT2D eigenvalue weighted by molar-refractivity contribution is -0.130. The van der Waals surface area contributed by atoms with Gasteiger partial charge in [-0.2, -0.15) is 0 Å². The van der Waals surface area contributed by atoms with Crippen LogP contribution in [-0.2, 0) is 11.3 Å². The Balaban J connectivity index is 2.38. The number of benzene rings is 1. The lowest BCUT2D eigenvalue weighted by Crippen LogP contribution is -2.39. The van der Waals surface area contributed by atoms with Gasteiger partial charge in [-0.3, -0.25) is 4.79 Å². The lowest BCUT2D eigenvalue weighted by Gasteiger charge is -2.21. The molecule has 0 aliphatic rings. The molecule has 0 aliphatic carbocycles. The number of carbonyl (C=O) groups is 1. The van der Waals surface area contributed by atoms with Crippen molar-refractivity contribution in [2.45, 2.75) is 26.4 Å². The largest absolute Gasteiger partial charge is 0.342 e. The van der Waals surface area contributed by atoms with E-state index in [4.69, 9.17) is 11.6 Å². The van der Waals surface area contributed by atoms with Gasteiger partial charge in [0.15, 0.2) is 0 Å². The summed E-state index contributed by atoms with van der Waals surface area (Å²) in [6, 6.07) is 7.85. The number of hydrogen-bond acceptors (Lipinski definition) is 2. The highest BCUT2D eigenvalue weighted by Gasteiger charge is 2.10. The maximum absolute atomic E-state index is 11.7. The Kier molecular flexibility index (Phi) is 5.45. The SMILES string of the molecule is CC(C)N(C)C(=O)CNCc1ccccc1Cl. The first-order chi connectivity index (χ1) is 8.02. The summed E-state index contributed by atoms with van der Waals surface area (Å²) in [5.41, 5.74) is 1.01. The summed E-state index contributed by atoms with van der Waals surface area (Å²) in [5.74, 6) is 0.0899. The molecule has 1 N–H and O–H groups in total. The van der Waals surface area contributed by atoms with Crippen LogP contribution in [0.1, 0.15) is 19.4 Å². The average Bonchev–Trinajstić information content (AvgIpc) is 2.30. The van der Waals surface area contributed by atoms with Gasteiger partial charge in [-0.05, 0) is 25.5 Å². The predicted molar refractivity (Wildman–Crippen MR) is 71.1 cm³/mol. The second kappa shape index (κ2) is 6.62. The summed E-state index contributed by atoms with van der Waals surface area (Å²) in [6.45, 7) is 4.93. The molecule has 0 unspecified atom stereocenters. The summed E-state index contributed by atoms with van der Waals surface area (Å²) in [5, 5.41) is 3.83. The average molecular weight is 255 g/mol. The topological polar surface area (TPSA) is 32.3 Å². The fraction of sp³-hybridized carbons (Fsp3) is 0.462. The molecule has 1 aromatic carbocycles. The predicted octanol–water partition coefficient (Wildman–Crippen LogP) is 2.30. The zero-order valence-electron chi connectivity index (χ0n) is 10.5. The number of nitrogens with zero attached hydrogens (tertiary/aromatic N) is 1. The van der Waals surface area contributed by atoms with Gasteiger partial charge in [0.2, 0.25) is 5.91 Å². The van der Waals surface area contributed by atoms with Gasteiger partial charge in [0, 0.05) is 24.7 Å². The van der Waals surface area contributed by atoms with Gasteiger partial charge in [0.05, 0.1) is 6.54 Å². The molecule has 0 aromatic heterocycles. The summed E-state index contributed by atoms with van der Waals surface area (Å²) >= 11 is 6.02. The molecule has 0 radical (unpaired) electrons. The second-order valence-electron chi connectivity index (χ2n) is 4.29. The molecule has 0 saturated carbocycles. The number of halogens is 1. The van der Waals surface area contributed by atoms with Gasteiger partial charge in [-0.25, -0.2) is 0 Å². The van der Waals surface area contributed by atoms with Crippen LogP contribution in [0.15, 0.2) is 24.3 Å². The van der Waals surface area contributed by atoms with Crippen molar-refractivity contribution in [1.82, 2.24) is 10.2 Å². The van der Waals surface area contributed by atoms with E-state index in [2.05, 4.69) is 5.32 Å². The third-order valence-electron chi connectivity index (χ3n) is 2.72. The fourth-order valence-corrected chi connectivity index (χ4v) is 1.56. The van der Waals surface area contributed by atoms with E-state index >= 15 is 0 Å². The normalized spacial score (nSPS) is 10.6. The van der Waals surface area contributed by atoms with E-state index in [1.165, 1.54) is 0 Å². The maximum Gasteiger partial charge on any atom is 0.236 e. The van der Waals surface area contributed by atoms with Crippen LogP contribution in [-0.4, -0.2) is 30.4 Å². The Hall–Kier alpha value is -1.06. The van der Waals surface area contributed by atoms with Crippen molar-refractivity contribution in [3.8, 4) is 0 Å². The molecule has 0 fully saturated rings.